The van der Waals surface area contributed by atoms with Crippen molar-refractivity contribution in [2.24, 2.45) is 7.05 Å². The zero-order valence-corrected chi connectivity index (χ0v) is 12.8. The maximum Gasteiger partial charge on any atom is 0.246 e. The van der Waals surface area contributed by atoms with Crippen LogP contribution in [0.2, 0.25) is 0 Å². The summed E-state index contributed by atoms with van der Waals surface area (Å²) in [6, 6.07) is 0.162. The lowest BCUT2D eigenvalue weighted by Gasteiger charge is -2.37. The van der Waals surface area contributed by atoms with Gasteiger partial charge in [0.1, 0.15) is 25.6 Å². The predicted octanol–water partition coefficient (Wildman–Crippen LogP) is 0.283. The Morgan fingerprint density at radius 2 is 2.18 bits per heavy atom. The van der Waals surface area contributed by atoms with Crippen molar-refractivity contribution in [1.29, 1.82) is 0 Å². The molecule has 0 bridgehead atoms. The molecule has 1 saturated carbocycles. The molecule has 3 N–H and O–H groups in total. The van der Waals surface area contributed by atoms with E-state index in [0.717, 1.165) is 29.6 Å². The average Bonchev–Trinajstić information content (AvgIpc) is 2.67. The highest BCUT2D eigenvalue weighted by molar-refractivity contribution is 6.41. The number of nitrogen functional groups attached to an aromatic ring is 1. The quantitative estimate of drug-likeness (QED) is 0.629. The minimum Gasteiger partial charge on any atom is -0.383 e. The Balaban J connectivity index is 1.83. The standard InChI is InChI=1S/C15H18BN5O/c1-7(2)15(22)20-9-4-8(5-9)12-11(16)10-13(17)18-6-19-14(10)21(12)3/h6,8-9H,1,4-5H2,2-3H3,(H,20,22)(H2,17,18,19). The van der Waals surface area contributed by atoms with Crippen molar-refractivity contribution in [1.82, 2.24) is 19.9 Å². The molecule has 0 saturated heterocycles. The molecule has 22 heavy (non-hydrogen) atoms. The second kappa shape index (κ2) is 5.16. The molecule has 3 rings (SSSR count). The molecule has 2 aromatic rings. The molecule has 7 heteroatoms. The third-order valence-corrected chi connectivity index (χ3v) is 4.33. The van der Waals surface area contributed by atoms with Gasteiger partial charge in [-0.3, -0.25) is 4.79 Å². The van der Waals surface area contributed by atoms with E-state index in [0.29, 0.717) is 16.9 Å². The van der Waals surface area contributed by atoms with Gasteiger partial charge in [-0.15, -0.1) is 0 Å². The molecule has 1 amide bonds. The highest BCUT2D eigenvalue weighted by Crippen LogP contribution is 2.38. The molecule has 2 heterocycles. The van der Waals surface area contributed by atoms with Gasteiger partial charge in [0.15, 0.2) is 0 Å². The van der Waals surface area contributed by atoms with Gasteiger partial charge in [-0.1, -0.05) is 12.0 Å². The first-order valence-corrected chi connectivity index (χ1v) is 7.20. The van der Waals surface area contributed by atoms with E-state index in [-0.39, 0.29) is 17.9 Å². The third kappa shape index (κ3) is 2.17. The van der Waals surface area contributed by atoms with Crippen LogP contribution in [0.1, 0.15) is 31.4 Å². The van der Waals surface area contributed by atoms with Gasteiger partial charge in [0.2, 0.25) is 5.91 Å². The molecular formula is C15H18BN5O. The van der Waals surface area contributed by atoms with Crippen molar-refractivity contribution in [2.75, 3.05) is 5.73 Å². The Kier molecular flexibility index (Phi) is 3.43. The zero-order chi connectivity index (χ0) is 16.0. The van der Waals surface area contributed by atoms with Crippen LogP contribution in [-0.2, 0) is 11.8 Å². The largest absolute Gasteiger partial charge is 0.383 e. The number of hydrogen-bond acceptors (Lipinski definition) is 4. The van der Waals surface area contributed by atoms with Crippen LogP contribution in [0.5, 0.6) is 0 Å². The van der Waals surface area contributed by atoms with Gasteiger partial charge in [0.05, 0.1) is 5.39 Å². The van der Waals surface area contributed by atoms with Crippen LogP contribution in [0.4, 0.5) is 5.82 Å². The summed E-state index contributed by atoms with van der Waals surface area (Å²) in [7, 11) is 8.19. The molecule has 6 nitrogen and oxygen atoms in total. The van der Waals surface area contributed by atoms with E-state index in [1.54, 1.807) is 6.92 Å². The number of aryl methyl sites for hydroxylation is 1. The number of nitrogens with two attached hydrogens (primary N) is 1. The topological polar surface area (TPSA) is 85.8 Å². The van der Waals surface area contributed by atoms with E-state index in [1.807, 2.05) is 11.6 Å². The molecule has 112 valence electrons. The number of aromatic nitrogens is 3. The molecule has 2 aromatic heterocycles. The smallest absolute Gasteiger partial charge is 0.246 e. The minimum absolute atomic E-state index is 0.0939. The van der Waals surface area contributed by atoms with Crippen LogP contribution in [0.15, 0.2) is 18.5 Å². The van der Waals surface area contributed by atoms with Crippen molar-refractivity contribution in [2.45, 2.75) is 31.7 Å². The van der Waals surface area contributed by atoms with Gasteiger partial charge >= 0.3 is 0 Å². The molecule has 0 spiro atoms. The summed E-state index contributed by atoms with van der Waals surface area (Å²) in [6.07, 6.45) is 3.14. The van der Waals surface area contributed by atoms with Crippen LogP contribution in [-0.4, -0.2) is 34.3 Å². The van der Waals surface area contributed by atoms with Gasteiger partial charge in [0, 0.05) is 30.3 Å². The number of fused-ring (bicyclic) bond motifs is 1. The first kappa shape index (κ1) is 14.6. The number of hydrogen-bond donors (Lipinski definition) is 2. The molecule has 0 unspecified atom stereocenters. The second-order valence-corrected chi connectivity index (χ2v) is 5.93. The Hall–Kier alpha value is -2.31. The number of anilines is 1. The Morgan fingerprint density at radius 1 is 1.50 bits per heavy atom. The lowest BCUT2D eigenvalue weighted by molar-refractivity contribution is -0.118. The van der Waals surface area contributed by atoms with Crippen molar-refractivity contribution in [3.63, 3.8) is 0 Å². The summed E-state index contributed by atoms with van der Waals surface area (Å²) in [5.41, 5.74) is 8.84. The second-order valence-electron chi connectivity index (χ2n) is 5.93. The van der Waals surface area contributed by atoms with Gasteiger partial charge in [-0.2, -0.15) is 0 Å². The first-order valence-electron chi connectivity index (χ1n) is 7.20. The third-order valence-electron chi connectivity index (χ3n) is 4.33. The fraction of sp³-hybridized carbons (Fsp3) is 0.400. The Morgan fingerprint density at radius 3 is 2.77 bits per heavy atom. The maximum atomic E-state index is 11.6. The molecular weight excluding hydrogens is 277 g/mol. The van der Waals surface area contributed by atoms with E-state index >= 15 is 0 Å². The van der Waals surface area contributed by atoms with Gasteiger partial charge < -0.3 is 15.6 Å². The van der Waals surface area contributed by atoms with Crippen molar-refractivity contribution < 1.29 is 4.79 Å². The predicted molar refractivity (Wildman–Crippen MR) is 87.0 cm³/mol. The van der Waals surface area contributed by atoms with E-state index in [2.05, 4.69) is 21.9 Å². The minimum atomic E-state index is -0.0939. The maximum absolute atomic E-state index is 11.6. The number of carbonyl (C=O) groups excluding carboxylic acids is 1. The Labute approximate surface area is 130 Å². The average molecular weight is 295 g/mol. The summed E-state index contributed by atoms with van der Waals surface area (Å²) in [4.78, 5) is 19.9. The molecule has 1 aliphatic rings. The van der Waals surface area contributed by atoms with Crippen LogP contribution in [0.3, 0.4) is 0 Å². The molecule has 0 aliphatic heterocycles. The van der Waals surface area contributed by atoms with Crippen molar-refractivity contribution >= 4 is 36.1 Å². The molecule has 0 atom stereocenters. The summed E-state index contributed by atoms with van der Waals surface area (Å²) in [6.45, 7) is 5.35. The van der Waals surface area contributed by atoms with E-state index < -0.39 is 0 Å². The number of amides is 1. The van der Waals surface area contributed by atoms with Crippen molar-refractivity contribution in [3.8, 4) is 0 Å². The fourth-order valence-electron chi connectivity index (χ4n) is 3.09. The highest BCUT2D eigenvalue weighted by Gasteiger charge is 2.35. The first-order chi connectivity index (χ1) is 10.4. The SMILES string of the molecule is [B]c1c(C2CC(NC(=O)C(=C)C)C2)n(C)c2ncnc(N)c12. The number of nitrogens with one attached hydrogen (secondary N) is 1. The lowest BCUT2D eigenvalue weighted by atomic mass is 9.74. The molecule has 2 radical (unpaired) electrons. The van der Waals surface area contributed by atoms with Crippen LogP contribution >= 0.6 is 0 Å². The molecule has 1 aliphatic carbocycles. The lowest BCUT2D eigenvalue weighted by Crippen LogP contribution is -2.44. The van der Waals surface area contributed by atoms with E-state index in [4.69, 9.17) is 13.6 Å². The fourth-order valence-corrected chi connectivity index (χ4v) is 3.09. The monoisotopic (exact) mass is 295 g/mol. The number of nitrogens with zero attached hydrogens (tertiary/aromatic N) is 3. The normalized spacial score (nSPS) is 20.6. The summed E-state index contributed by atoms with van der Waals surface area (Å²) < 4.78 is 1.98. The highest BCUT2D eigenvalue weighted by atomic mass is 16.1. The van der Waals surface area contributed by atoms with Crippen LogP contribution < -0.4 is 16.5 Å². The Bertz CT molecular complexity index is 776. The van der Waals surface area contributed by atoms with Gasteiger partial charge in [0.25, 0.3) is 0 Å². The summed E-state index contributed by atoms with van der Waals surface area (Å²) in [5, 5.41) is 3.68. The van der Waals surface area contributed by atoms with Crippen LogP contribution in [0.25, 0.3) is 11.0 Å². The zero-order valence-electron chi connectivity index (χ0n) is 12.8. The van der Waals surface area contributed by atoms with Crippen LogP contribution in [0, 0.1) is 0 Å². The van der Waals surface area contributed by atoms with Gasteiger partial charge in [-0.25, -0.2) is 9.97 Å². The molecule has 0 aromatic carbocycles. The van der Waals surface area contributed by atoms with Gasteiger partial charge in [-0.05, 0) is 19.8 Å². The van der Waals surface area contributed by atoms with E-state index in [9.17, 15) is 4.79 Å². The van der Waals surface area contributed by atoms with E-state index in [1.165, 1.54) is 6.33 Å². The molecule has 1 fully saturated rings. The number of carbonyl (C=O) groups is 1. The number of rotatable bonds is 3. The van der Waals surface area contributed by atoms with Crippen molar-refractivity contribution in [3.05, 3.63) is 24.2 Å². The summed E-state index contributed by atoms with van der Waals surface area (Å²) in [5.74, 6) is 0.591. The summed E-state index contributed by atoms with van der Waals surface area (Å²) >= 11 is 0.